The van der Waals surface area contributed by atoms with Crippen molar-refractivity contribution in [3.05, 3.63) is 67.1 Å². The smallest absolute Gasteiger partial charge is 0.119 e. The molecule has 0 atom stereocenters. The standard InChI is InChI=1S/C21H15N3O/c1-25-14-5-6-19-18(11-14)17-8-10-23-20(21(17)24-19)16-4-2-3-13-12-22-9-7-15(13)16/h2-12,24H,1H3. The van der Waals surface area contributed by atoms with Crippen LogP contribution < -0.4 is 4.74 Å². The average molecular weight is 325 g/mol. The Labute approximate surface area is 144 Å². The van der Waals surface area contributed by atoms with Gasteiger partial charge in [-0.3, -0.25) is 9.97 Å². The van der Waals surface area contributed by atoms with E-state index in [0.29, 0.717) is 0 Å². The van der Waals surface area contributed by atoms with Gasteiger partial charge in [0.05, 0.1) is 18.3 Å². The lowest BCUT2D eigenvalue weighted by Gasteiger charge is -2.07. The van der Waals surface area contributed by atoms with Crippen LogP contribution in [0.25, 0.3) is 43.8 Å². The quantitative estimate of drug-likeness (QED) is 0.500. The van der Waals surface area contributed by atoms with Gasteiger partial charge in [0, 0.05) is 45.8 Å². The monoisotopic (exact) mass is 325 g/mol. The van der Waals surface area contributed by atoms with Gasteiger partial charge in [-0.05, 0) is 35.7 Å². The fourth-order valence-corrected chi connectivity index (χ4v) is 3.46. The Morgan fingerprint density at radius 3 is 2.76 bits per heavy atom. The maximum atomic E-state index is 5.38. The summed E-state index contributed by atoms with van der Waals surface area (Å²) in [5.74, 6) is 0.850. The summed E-state index contributed by atoms with van der Waals surface area (Å²) < 4.78 is 5.38. The van der Waals surface area contributed by atoms with Gasteiger partial charge in [-0.15, -0.1) is 0 Å². The largest absolute Gasteiger partial charge is 0.497 e. The first-order chi connectivity index (χ1) is 12.3. The first-order valence-electron chi connectivity index (χ1n) is 8.13. The summed E-state index contributed by atoms with van der Waals surface area (Å²) in [6.07, 6.45) is 5.57. The van der Waals surface area contributed by atoms with Crippen LogP contribution in [0, 0.1) is 0 Å². The number of H-pyrrole nitrogens is 1. The Balaban J connectivity index is 1.87. The van der Waals surface area contributed by atoms with Crippen molar-refractivity contribution >= 4 is 32.6 Å². The average Bonchev–Trinajstić information content (AvgIpc) is 3.05. The van der Waals surface area contributed by atoms with Crippen molar-refractivity contribution in [2.75, 3.05) is 7.11 Å². The molecular weight excluding hydrogens is 310 g/mol. The van der Waals surface area contributed by atoms with Gasteiger partial charge >= 0.3 is 0 Å². The van der Waals surface area contributed by atoms with Crippen LogP contribution in [0.1, 0.15) is 0 Å². The summed E-state index contributed by atoms with van der Waals surface area (Å²) in [7, 11) is 1.69. The topological polar surface area (TPSA) is 50.8 Å². The lowest BCUT2D eigenvalue weighted by atomic mass is 10.0. The second-order valence-corrected chi connectivity index (χ2v) is 6.02. The molecule has 0 spiro atoms. The number of hydrogen-bond donors (Lipinski definition) is 1. The molecule has 25 heavy (non-hydrogen) atoms. The minimum Gasteiger partial charge on any atom is -0.497 e. The van der Waals surface area contributed by atoms with Crippen molar-refractivity contribution in [3.8, 4) is 17.0 Å². The molecule has 0 saturated carbocycles. The third-order valence-electron chi connectivity index (χ3n) is 4.66. The number of nitrogens with zero attached hydrogens (tertiary/aromatic N) is 2. The van der Waals surface area contributed by atoms with Gasteiger partial charge in [0.2, 0.25) is 0 Å². The van der Waals surface area contributed by atoms with Crippen LogP contribution in [0.15, 0.2) is 67.1 Å². The van der Waals surface area contributed by atoms with Crippen molar-refractivity contribution in [3.63, 3.8) is 0 Å². The molecule has 3 heterocycles. The number of methoxy groups -OCH3 is 1. The summed E-state index contributed by atoms with van der Waals surface area (Å²) in [6.45, 7) is 0. The molecule has 0 unspecified atom stereocenters. The maximum Gasteiger partial charge on any atom is 0.119 e. The highest BCUT2D eigenvalue weighted by Crippen LogP contribution is 2.35. The molecule has 0 amide bonds. The molecule has 120 valence electrons. The van der Waals surface area contributed by atoms with Crippen LogP contribution in [0.4, 0.5) is 0 Å². The molecule has 0 radical (unpaired) electrons. The highest BCUT2D eigenvalue weighted by molar-refractivity contribution is 6.13. The fourth-order valence-electron chi connectivity index (χ4n) is 3.46. The Morgan fingerprint density at radius 2 is 1.84 bits per heavy atom. The molecule has 5 rings (SSSR count). The van der Waals surface area contributed by atoms with E-state index in [0.717, 1.165) is 49.6 Å². The predicted octanol–water partition coefficient (Wildman–Crippen LogP) is 4.94. The predicted molar refractivity (Wildman–Crippen MR) is 101 cm³/mol. The lowest BCUT2D eigenvalue weighted by Crippen LogP contribution is -1.87. The van der Waals surface area contributed by atoms with E-state index in [-0.39, 0.29) is 0 Å². The first-order valence-corrected chi connectivity index (χ1v) is 8.13. The van der Waals surface area contributed by atoms with Gasteiger partial charge < -0.3 is 9.72 Å². The summed E-state index contributed by atoms with van der Waals surface area (Å²) in [5, 5.41) is 4.54. The molecule has 0 saturated heterocycles. The number of ether oxygens (including phenoxy) is 1. The fraction of sp³-hybridized carbons (Fsp3) is 0.0476. The molecule has 1 N–H and O–H groups in total. The summed E-state index contributed by atoms with van der Waals surface area (Å²) >= 11 is 0. The molecule has 4 heteroatoms. The number of pyridine rings is 2. The van der Waals surface area contributed by atoms with Gasteiger partial charge in [-0.2, -0.15) is 0 Å². The number of benzene rings is 2. The lowest BCUT2D eigenvalue weighted by molar-refractivity contribution is 0.415. The molecular formula is C21H15N3O. The number of hydrogen-bond acceptors (Lipinski definition) is 3. The molecule has 0 fully saturated rings. The normalized spacial score (nSPS) is 11.4. The van der Waals surface area contributed by atoms with Crippen molar-refractivity contribution in [1.82, 2.24) is 15.0 Å². The summed E-state index contributed by atoms with van der Waals surface area (Å²) in [5.41, 5.74) is 4.16. The Hall–Kier alpha value is -3.40. The molecule has 4 nitrogen and oxygen atoms in total. The van der Waals surface area contributed by atoms with Crippen LogP contribution >= 0.6 is 0 Å². The molecule has 0 aliphatic heterocycles. The van der Waals surface area contributed by atoms with Crippen LogP contribution in [-0.4, -0.2) is 22.1 Å². The summed E-state index contributed by atoms with van der Waals surface area (Å²) in [4.78, 5) is 12.4. The zero-order valence-corrected chi connectivity index (χ0v) is 13.7. The number of rotatable bonds is 2. The minimum absolute atomic E-state index is 0.850. The van der Waals surface area contributed by atoms with Gasteiger partial charge in [0.25, 0.3) is 0 Å². The van der Waals surface area contributed by atoms with Crippen LogP contribution in [0.5, 0.6) is 5.75 Å². The maximum absolute atomic E-state index is 5.38. The van der Waals surface area contributed by atoms with E-state index in [1.807, 2.05) is 48.9 Å². The molecule has 0 aliphatic rings. The van der Waals surface area contributed by atoms with E-state index in [9.17, 15) is 0 Å². The highest BCUT2D eigenvalue weighted by atomic mass is 16.5. The number of fused-ring (bicyclic) bond motifs is 4. The second-order valence-electron chi connectivity index (χ2n) is 6.02. The second kappa shape index (κ2) is 5.31. The number of aromatic nitrogens is 3. The number of aromatic amines is 1. The first kappa shape index (κ1) is 14.0. The molecule has 0 bridgehead atoms. The summed E-state index contributed by atoms with van der Waals surface area (Å²) in [6, 6.07) is 16.4. The molecule has 0 aliphatic carbocycles. The van der Waals surface area contributed by atoms with Gasteiger partial charge in [0.15, 0.2) is 0 Å². The zero-order chi connectivity index (χ0) is 16.8. The molecule has 2 aromatic carbocycles. The van der Waals surface area contributed by atoms with Crippen LogP contribution in [0.2, 0.25) is 0 Å². The van der Waals surface area contributed by atoms with E-state index < -0.39 is 0 Å². The van der Waals surface area contributed by atoms with E-state index in [1.54, 1.807) is 7.11 Å². The third-order valence-corrected chi connectivity index (χ3v) is 4.66. The van der Waals surface area contributed by atoms with Crippen molar-refractivity contribution in [2.24, 2.45) is 0 Å². The van der Waals surface area contributed by atoms with E-state index in [1.165, 1.54) is 0 Å². The van der Waals surface area contributed by atoms with E-state index in [2.05, 4.69) is 33.2 Å². The van der Waals surface area contributed by atoms with Crippen LogP contribution in [-0.2, 0) is 0 Å². The SMILES string of the molecule is COc1ccc2[nH]c3c(-c4cccc5cnccc45)nccc3c2c1. The van der Waals surface area contributed by atoms with E-state index in [4.69, 9.17) is 4.74 Å². The van der Waals surface area contributed by atoms with Gasteiger partial charge in [-0.1, -0.05) is 18.2 Å². The Kier molecular flexibility index (Phi) is 2.97. The highest BCUT2D eigenvalue weighted by Gasteiger charge is 2.13. The third kappa shape index (κ3) is 2.08. The zero-order valence-electron chi connectivity index (χ0n) is 13.7. The molecule has 5 aromatic rings. The van der Waals surface area contributed by atoms with Gasteiger partial charge in [0.1, 0.15) is 5.75 Å². The van der Waals surface area contributed by atoms with Gasteiger partial charge in [-0.25, -0.2) is 0 Å². The Morgan fingerprint density at radius 1 is 0.920 bits per heavy atom. The van der Waals surface area contributed by atoms with Crippen molar-refractivity contribution < 1.29 is 4.74 Å². The Bertz CT molecular complexity index is 1230. The van der Waals surface area contributed by atoms with Crippen LogP contribution in [0.3, 0.4) is 0 Å². The van der Waals surface area contributed by atoms with Crippen molar-refractivity contribution in [1.29, 1.82) is 0 Å². The minimum atomic E-state index is 0.850. The number of nitrogens with one attached hydrogen (secondary N) is 1. The molecule has 3 aromatic heterocycles. The van der Waals surface area contributed by atoms with E-state index >= 15 is 0 Å². The van der Waals surface area contributed by atoms with Crippen molar-refractivity contribution in [2.45, 2.75) is 0 Å².